The fourth-order valence-corrected chi connectivity index (χ4v) is 5.16. The summed E-state index contributed by atoms with van der Waals surface area (Å²) in [5, 5.41) is 16.5. The van der Waals surface area contributed by atoms with Crippen molar-refractivity contribution in [3.63, 3.8) is 0 Å². The van der Waals surface area contributed by atoms with E-state index in [1.807, 2.05) is 42.5 Å². The SMILES string of the molecule is O=C(O)CCC(=O)N1N=C(c2c(-c3ccc(Cl)cc3)c3ccccc3[nH]c2=O)CC1c1ccc2c(c1)OCO2. The molecule has 0 saturated carbocycles. The highest BCUT2D eigenvalue weighted by Gasteiger charge is 2.36. The molecule has 3 heterocycles. The van der Waals surface area contributed by atoms with Gasteiger partial charge in [-0.25, -0.2) is 5.01 Å². The summed E-state index contributed by atoms with van der Waals surface area (Å²) >= 11 is 6.15. The largest absolute Gasteiger partial charge is 0.481 e. The lowest BCUT2D eigenvalue weighted by Crippen LogP contribution is -2.27. The van der Waals surface area contributed by atoms with E-state index in [9.17, 15) is 14.4 Å². The molecule has 4 aromatic rings. The number of carboxylic acid groups (broad SMARTS) is 1. The van der Waals surface area contributed by atoms with E-state index in [1.165, 1.54) is 5.01 Å². The first kappa shape index (κ1) is 24.7. The van der Waals surface area contributed by atoms with Crippen LogP contribution in [0.3, 0.4) is 0 Å². The van der Waals surface area contributed by atoms with E-state index in [-0.39, 0.29) is 31.6 Å². The molecule has 10 heteroatoms. The Morgan fingerprint density at radius 2 is 1.77 bits per heavy atom. The predicted octanol–water partition coefficient (Wildman–Crippen LogP) is 5.12. The van der Waals surface area contributed by atoms with E-state index >= 15 is 0 Å². The van der Waals surface area contributed by atoms with E-state index in [0.29, 0.717) is 38.9 Å². The molecule has 39 heavy (non-hydrogen) atoms. The second kappa shape index (κ2) is 9.92. The van der Waals surface area contributed by atoms with Crippen LogP contribution in [0.2, 0.25) is 5.02 Å². The number of hydrogen-bond donors (Lipinski definition) is 2. The summed E-state index contributed by atoms with van der Waals surface area (Å²) in [6, 6.07) is 19.5. The van der Waals surface area contributed by atoms with Crippen LogP contribution in [0.4, 0.5) is 0 Å². The molecule has 1 amide bonds. The second-order valence-electron chi connectivity index (χ2n) is 9.27. The van der Waals surface area contributed by atoms with Crippen molar-refractivity contribution in [2.24, 2.45) is 5.10 Å². The molecule has 1 aromatic heterocycles. The van der Waals surface area contributed by atoms with Crippen LogP contribution < -0.4 is 15.0 Å². The van der Waals surface area contributed by atoms with Gasteiger partial charge in [-0.1, -0.05) is 48.0 Å². The zero-order chi connectivity index (χ0) is 27.1. The van der Waals surface area contributed by atoms with Gasteiger partial charge in [0.2, 0.25) is 12.7 Å². The molecular formula is C29H22ClN3O6. The number of carbonyl (C=O) groups excluding carboxylic acids is 1. The number of fused-ring (bicyclic) bond motifs is 2. The van der Waals surface area contributed by atoms with Crippen molar-refractivity contribution >= 4 is 40.1 Å². The summed E-state index contributed by atoms with van der Waals surface area (Å²) in [5.74, 6) is -0.398. The summed E-state index contributed by atoms with van der Waals surface area (Å²) in [6.07, 6.45) is -0.327. The number of aliphatic carboxylic acids is 1. The number of pyridine rings is 1. The van der Waals surface area contributed by atoms with E-state index < -0.39 is 17.9 Å². The number of aromatic nitrogens is 1. The Morgan fingerprint density at radius 1 is 1.00 bits per heavy atom. The molecule has 3 aromatic carbocycles. The number of carbonyl (C=O) groups is 2. The Balaban J connectivity index is 1.50. The molecule has 0 fully saturated rings. The number of halogens is 1. The van der Waals surface area contributed by atoms with Crippen LogP contribution in [-0.4, -0.2) is 39.5 Å². The first-order valence-corrected chi connectivity index (χ1v) is 12.7. The third-order valence-electron chi connectivity index (χ3n) is 6.84. The molecule has 2 aliphatic heterocycles. The number of nitrogens with one attached hydrogen (secondary N) is 1. The van der Waals surface area contributed by atoms with Crippen molar-refractivity contribution in [3.8, 4) is 22.6 Å². The van der Waals surface area contributed by atoms with Crippen LogP contribution in [0, 0.1) is 0 Å². The van der Waals surface area contributed by atoms with Gasteiger partial charge in [-0.2, -0.15) is 5.10 Å². The minimum atomic E-state index is -1.08. The summed E-state index contributed by atoms with van der Waals surface area (Å²) in [5.41, 5.74) is 3.25. The number of rotatable bonds is 6. The van der Waals surface area contributed by atoms with E-state index in [2.05, 4.69) is 10.1 Å². The van der Waals surface area contributed by atoms with Gasteiger partial charge in [-0.3, -0.25) is 14.4 Å². The number of H-pyrrole nitrogens is 1. The third-order valence-corrected chi connectivity index (χ3v) is 7.10. The lowest BCUT2D eigenvalue weighted by atomic mass is 9.91. The number of hydrogen-bond acceptors (Lipinski definition) is 6. The highest BCUT2D eigenvalue weighted by molar-refractivity contribution is 6.30. The topological polar surface area (TPSA) is 121 Å². The summed E-state index contributed by atoms with van der Waals surface area (Å²) < 4.78 is 11.0. The van der Waals surface area contributed by atoms with Crippen LogP contribution in [0.5, 0.6) is 11.5 Å². The lowest BCUT2D eigenvalue weighted by molar-refractivity contribution is -0.141. The minimum absolute atomic E-state index is 0.101. The summed E-state index contributed by atoms with van der Waals surface area (Å²) in [7, 11) is 0. The predicted molar refractivity (Wildman–Crippen MR) is 145 cm³/mol. The van der Waals surface area contributed by atoms with Gasteiger partial charge < -0.3 is 19.6 Å². The number of carboxylic acids is 1. The van der Waals surface area contributed by atoms with Gasteiger partial charge in [-0.05, 0) is 41.5 Å². The highest BCUT2D eigenvalue weighted by Crippen LogP contribution is 2.41. The molecule has 2 aliphatic rings. The van der Waals surface area contributed by atoms with E-state index in [0.717, 1.165) is 16.5 Å². The summed E-state index contributed by atoms with van der Waals surface area (Å²) in [6.45, 7) is 0.101. The Kier molecular flexibility index (Phi) is 6.28. The lowest BCUT2D eigenvalue weighted by Gasteiger charge is -2.22. The number of amides is 1. The molecule has 6 rings (SSSR count). The first-order valence-electron chi connectivity index (χ1n) is 12.3. The Hall–Kier alpha value is -4.63. The van der Waals surface area contributed by atoms with Gasteiger partial charge in [0, 0.05) is 34.3 Å². The molecular weight excluding hydrogens is 522 g/mol. The molecule has 0 aliphatic carbocycles. The van der Waals surface area contributed by atoms with E-state index in [1.54, 1.807) is 24.3 Å². The average molecular weight is 544 g/mol. The second-order valence-corrected chi connectivity index (χ2v) is 9.70. The molecule has 196 valence electrons. The maximum Gasteiger partial charge on any atom is 0.303 e. The fraction of sp³-hybridized carbons (Fsp3) is 0.172. The number of para-hydroxylation sites is 1. The van der Waals surface area contributed by atoms with Crippen LogP contribution in [0.15, 0.2) is 76.6 Å². The van der Waals surface area contributed by atoms with Gasteiger partial charge in [0.25, 0.3) is 5.56 Å². The monoisotopic (exact) mass is 543 g/mol. The normalized spacial score (nSPS) is 16.0. The fourth-order valence-electron chi connectivity index (χ4n) is 5.03. The molecule has 0 spiro atoms. The van der Waals surface area contributed by atoms with Gasteiger partial charge in [-0.15, -0.1) is 0 Å². The first-order chi connectivity index (χ1) is 18.9. The van der Waals surface area contributed by atoms with Gasteiger partial charge in [0.15, 0.2) is 11.5 Å². The van der Waals surface area contributed by atoms with Gasteiger partial charge in [0.1, 0.15) is 0 Å². The molecule has 1 unspecified atom stereocenters. The van der Waals surface area contributed by atoms with Crippen molar-refractivity contribution in [2.75, 3.05) is 6.79 Å². The zero-order valence-electron chi connectivity index (χ0n) is 20.5. The molecule has 1 atom stereocenters. The molecule has 2 N–H and O–H groups in total. The Bertz CT molecular complexity index is 1710. The Labute approximate surface area is 227 Å². The maximum atomic E-state index is 13.6. The van der Waals surface area contributed by atoms with E-state index in [4.69, 9.17) is 26.2 Å². The minimum Gasteiger partial charge on any atom is -0.481 e. The van der Waals surface area contributed by atoms with Gasteiger partial charge in [0.05, 0.1) is 23.7 Å². The molecule has 0 bridgehead atoms. The number of nitrogens with zero attached hydrogens (tertiary/aromatic N) is 2. The smallest absolute Gasteiger partial charge is 0.303 e. The van der Waals surface area contributed by atoms with Crippen LogP contribution >= 0.6 is 11.6 Å². The van der Waals surface area contributed by atoms with Crippen molar-refractivity contribution in [3.05, 3.63) is 93.2 Å². The van der Waals surface area contributed by atoms with Crippen molar-refractivity contribution in [1.29, 1.82) is 0 Å². The molecule has 0 radical (unpaired) electrons. The average Bonchev–Trinajstić information content (AvgIpc) is 3.58. The van der Waals surface area contributed by atoms with Crippen molar-refractivity contribution in [1.82, 2.24) is 9.99 Å². The Morgan fingerprint density at radius 3 is 2.56 bits per heavy atom. The maximum absolute atomic E-state index is 13.6. The number of ether oxygens (including phenoxy) is 2. The number of benzene rings is 3. The number of hydrazone groups is 1. The van der Waals surface area contributed by atoms with Crippen LogP contribution in [0.25, 0.3) is 22.0 Å². The summed E-state index contributed by atoms with van der Waals surface area (Å²) in [4.78, 5) is 41.0. The third kappa shape index (κ3) is 4.61. The van der Waals surface area contributed by atoms with Crippen molar-refractivity contribution in [2.45, 2.75) is 25.3 Å². The highest BCUT2D eigenvalue weighted by atomic mass is 35.5. The zero-order valence-corrected chi connectivity index (χ0v) is 21.3. The quantitative estimate of drug-likeness (QED) is 0.348. The van der Waals surface area contributed by atoms with Crippen LogP contribution in [0.1, 0.15) is 36.4 Å². The molecule has 9 nitrogen and oxygen atoms in total. The standard InChI is InChI=1S/C29H22ClN3O6/c30-18-8-5-16(6-9-18)27-19-3-1-2-4-20(19)31-29(37)28(27)21-14-22(33(32-21)25(34)11-12-26(35)36)17-7-10-23-24(13-17)39-15-38-23/h1-10,13,22H,11-12,14-15H2,(H,31,37)(H,35,36). The van der Waals surface area contributed by atoms with Crippen LogP contribution in [-0.2, 0) is 9.59 Å². The number of aromatic amines is 1. The van der Waals surface area contributed by atoms with Crippen molar-refractivity contribution < 1.29 is 24.2 Å². The molecule has 0 saturated heterocycles. The van der Waals surface area contributed by atoms with Gasteiger partial charge >= 0.3 is 5.97 Å².